The molecule has 1 aromatic heterocycles. The van der Waals surface area contributed by atoms with Crippen LogP contribution in [0.5, 0.6) is 11.5 Å². The van der Waals surface area contributed by atoms with Crippen molar-refractivity contribution >= 4 is 12.2 Å². The molecule has 1 aromatic carbocycles. The first kappa shape index (κ1) is 16.5. The van der Waals surface area contributed by atoms with Crippen LogP contribution >= 0.6 is 0 Å². The Kier molecular flexibility index (Phi) is 5.35. The van der Waals surface area contributed by atoms with Gasteiger partial charge in [-0.15, -0.1) is 0 Å². The van der Waals surface area contributed by atoms with Gasteiger partial charge in [0.15, 0.2) is 11.5 Å². The number of nitrogens with zero attached hydrogens (tertiary/aromatic N) is 2. The van der Waals surface area contributed by atoms with Crippen molar-refractivity contribution in [1.29, 1.82) is 0 Å². The minimum Gasteiger partial charge on any atom is -0.492 e. The first-order valence-corrected chi connectivity index (χ1v) is 7.23. The highest BCUT2D eigenvalue weighted by molar-refractivity contribution is 5.85. The Labute approximate surface area is 134 Å². The molecule has 0 atom stereocenters. The van der Waals surface area contributed by atoms with Crippen molar-refractivity contribution in [2.24, 2.45) is 5.10 Å². The van der Waals surface area contributed by atoms with Gasteiger partial charge < -0.3 is 9.47 Å². The Bertz CT molecular complexity index is 768. The number of hydrazone groups is 1. The fourth-order valence-electron chi connectivity index (χ4n) is 1.98. The number of aromatic nitrogens is 2. The van der Waals surface area contributed by atoms with E-state index in [9.17, 15) is 4.79 Å². The number of anilines is 1. The third-order valence-corrected chi connectivity index (χ3v) is 3.28. The number of H-pyrrole nitrogens is 1. The average molecular weight is 316 g/mol. The highest BCUT2D eigenvalue weighted by Gasteiger charge is 2.08. The molecular weight excluding hydrogens is 296 g/mol. The summed E-state index contributed by atoms with van der Waals surface area (Å²) in [5.74, 6) is 1.53. The second-order valence-electron chi connectivity index (χ2n) is 4.81. The molecule has 0 spiro atoms. The third kappa shape index (κ3) is 3.88. The number of rotatable bonds is 6. The number of aryl methyl sites for hydroxylation is 1. The predicted molar refractivity (Wildman–Crippen MR) is 89.7 cm³/mol. The van der Waals surface area contributed by atoms with Crippen LogP contribution in [0.4, 0.5) is 5.95 Å². The van der Waals surface area contributed by atoms with Gasteiger partial charge in [0, 0.05) is 16.8 Å². The fraction of sp³-hybridized carbons (Fsp3) is 0.312. The van der Waals surface area contributed by atoms with Gasteiger partial charge in [0.25, 0.3) is 5.56 Å². The standard InChI is InChI=1S/C16H20N4O3/c1-5-23-13-8-6-7-12(14(13)22-4)9-17-20-16-18-11(3)10(2)15(21)19-16/h6-9H,5H2,1-4H3,(H2,18,19,20,21)/b17-9-. The zero-order valence-corrected chi connectivity index (χ0v) is 13.6. The lowest BCUT2D eigenvalue weighted by atomic mass is 10.2. The highest BCUT2D eigenvalue weighted by atomic mass is 16.5. The van der Waals surface area contributed by atoms with Crippen molar-refractivity contribution in [1.82, 2.24) is 9.97 Å². The van der Waals surface area contributed by atoms with E-state index >= 15 is 0 Å². The lowest BCUT2D eigenvalue weighted by Gasteiger charge is -2.11. The van der Waals surface area contributed by atoms with Crippen LogP contribution in [0.25, 0.3) is 0 Å². The molecule has 7 nitrogen and oxygen atoms in total. The molecular formula is C16H20N4O3. The number of aromatic amines is 1. The van der Waals surface area contributed by atoms with Crippen LogP contribution in [0, 0.1) is 13.8 Å². The van der Waals surface area contributed by atoms with Crippen LogP contribution in [0.15, 0.2) is 28.1 Å². The van der Waals surface area contributed by atoms with Crippen LogP contribution in [-0.2, 0) is 0 Å². The molecule has 0 fully saturated rings. The van der Waals surface area contributed by atoms with Crippen LogP contribution in [-0.4, -0.2) is 29.9 Å². The Hall–Kier alpha value is -2.83. The maximum Gasteiger partial charge on any atom is 0.255 e. The van der Waals surface area contributed by atoms with Crippen LogP contribution in [0.2, 0.25) is 0 Å². The predicted octanol–water partition coefficient (Wildman–Crippen LogP) is 2.24. The second-order valence-corrected chi connectivity index (χ2v) is 4.81. The fourth-order valence-corrected chi connectivity index (χ4v) is 1.98. The molecule has 0 bridgehead atoms. The molecule has 1 heterocycles. The molecule has 0 aliphatic rings. The van der Waals surface area contributed by atoms with Gasteiger partial charge in [0.2, 0.25) is 5.95 Å². The number of ether oxygens (including phenoxy) is 2. The largest absolute Gasteiger partial charge is 0.492 e. The van der Waals surface area contributed by atoms with E-state index in [4.69, 9.17) is 9.47 Å². The lowest BCUT2D eigenvalue weighted by molar-refractivity contribution is 0.311. The van der Waals surface area contributed by atoms with E-state index in [1.165, 1.54) is 0 Å². The molecule has 122 valence electrons. The van der Waals surface area contributed by atoms with E-state index in [2.05, 4.69) is 20.5 Å². The minimum atomic E-state index is -0.189. The molecule has 2 aromatic rings. The molecule has 2 rings (SSSR count). The maximum absolute atomic E-state index is 11.7. The van der Waals surface area contributed by atoms with E-state index in [0.717, 1.165) is 5.56 Å². The SMILES string of the molecule is CCOc1cccc(/C=N\Nc2nc(C)c(C)c(=O)[nH]2)c1OC. The summed E-state index contributed by atoms with van der Waals surface area (Å²) in [7, 11) is 1.57. The number of hydrogen-bond acceptors (Lipinski definition) is 6. The monoisotopic (exact) mass is 316 g/mol. The molecule has 0 saturated heterocycles. The number of nitrogens with one attached hydrogen (secondary N) is 2. The number of para-hydroxylation sites is 1. The minimum absolute atomic E-state index is 0.189. The van der Waals surface area contributed by atoms with Gasteiger partial charge in [0.1, 0.15) is 0 Å². The summed E-state index contributed by atoms with van der Waals surface area (Å²) in [4.78, 5) is 18.5. The zero-order chi connectivity index (χ0) is 16.8. The Morgan fingerprint density at radius 1 is 1.39 bits per heavy atom. The van der Waals surface area contributed by atoms with Gasteiger partial charge in [-0.3, -0.25) is 9.78 Å². The average Bonchev–Trinajstić information content (AvgIpc) is 2.53. The normalized spacial score (nSPS) is 10.8. The smallest absolute Gasteiger partial charge is 0.255 e. The molecule has 0 radical (unpaired) electrons. The van der Waals surface area contributed by atoms with E-state index < -0.39 is 0 Å². The number of benzene rings is 1. The van der Waals surface area contributed by atoms with Crippen LogP contribution in [0.3, 0.4) is 0 Å². The van der Waals surface area contributed by atoms with Crippen molar-refractivity contribution in [3.8, 4) is 11.5 Å². The summed E-state index contributed by atoms with van der Waals surface area (Å²) in [6.07, 6.45) is 1.58. The van der Waals surface area contributed by atoms with Crippen molar-refractivity contribution in [3.63, 3.8) is 0 Å². The van der Waals surface area contributed by atoms with Crippen molar-refractivity contribution in [2.45, 2.75) is 20.8 Å². The first-order chi connectivity index (χ1) is 11.1. The van der Waals surface area contributed by atoms with Gasteiger partial charge in [0.05, 0.1) is 19.9 Å². The highest BCUT2D eigenvalue weighted by Crippen LogP contribution is 2.29. The Morgan fingerprint density at radius 3 is 2.83 bits per heavy atom. The molecule has 2 N–H and O–H groups in total. The summed E-state index contributed by atoms with van der Waals surface area (Å²) in [6, 6.07) is 5.53. The molecule has 0 unspecified atom stereocenters. The van der Waals surface area contributed by atoms with Crippen LogP contribution < -0.4 is 20.5 Å². The van der Waals surface area contributed by atoms with E-state index in [1.807, 2.05) is 25.1 Å². The second kappa shape index (κ2) is 7.44. The number of methoxy groups -OCH3 is 1. The van der Waals surface area contributed by atoms with Crippen molar-refractivity contribution in [2.75, 3.05) is 19.1 Å². The summed E-state index contributed by atoms with van der Waals surface area (Å²) in [6.45, 7) is 5.94. The Morgan fingerprint density at radius 2 is 2.17 bits per heavy atom. The quantitative estimate of drug-likeness (QED) is 0.630. The first-order valence-electron chi connectivity index (χ1n) is 7.23. The van der Waals surface area contributed by atoms with Gasteiger partial charge in [-0.1, -0.05) is 6.07 Å². The summed E-state index contributed by atoms with van der Waals surface area (Å²) < 4.78 is 10.9. The third-order valence-electron chi connectivity index (χ3n) is 3.28. The van der Waals surface area contributed by atoms with Crippen LogP contribution in [0.1, 0.15) is 23.7 Å². The molecule has 0 aliphatic carbocycles. The number of hydrogen-bond donors (Lipinski definition) is 2. The molecule has 23 heavy (non-hydrogen) atoms. The van der Waals surface area contributed by atoms with Gasteiger partial charge in [-0.05, 0) is 32.9 Å². The summed E-state index contributed by atoms with van der Waals surface area (Å²) >= 11 is 0. The van der Waals surface area contributed by atoms with Crippen molar-refractivity contribution < 1.29 is 9.47 Å². The van der Waals surface area contributed by atoms with Gasteiger partial charge in [-0.2, -0.15) is 5.10 Å². The zero-order valence-electron chi connectivity index (χ0n) is 13.6. The molecule has 7 heteroatoms. The van der Waals surface area contributed by atoms with E-state index in [1.54, 1.807) is 27.2 Å². The summed E-state index contributed by atoms with van der Waals surface area (Å²) in [5, 5.41) is 4.09. The lowest BCUT2D eigenvalue weighted by Crippen LogP contribution is -2.15. The van der Waals surface area contributed by atoms with E-state index in [-0.39, 0.29) is 11.5 Å². The summed E-state index contributed by atoms with van der Waals surface area (Å²) in [5.41, 5.74) is 4.51. The van der Waals surface area contributed by atoms with Gasteiger partial charge >= 0.3 is 0 Å². The molecule has 0 saturated carbocycles. The molecule has 0 aliphatic heterocycles. The van der Waals surface area contributed by atoms with Crippen molar-refractivity contribution in [3.05, 3.63) is 45.4 Å². The maximum atomic E-state index is 11.7. The molecule has 0 amide bonds. The van der Waals surface area contributed by atoms with Gasteiger partial charge in [-0.25, -0.2) is 10.4 Å². The Balaban J connectivity index is 2.21. The topological polar surface area (TPSA) is 88.6 Å². The van der Waals surface area contributed by atoms with E-state index in [0.29, 0.717) is 29.4 Å².